The number of aliphatic hydroxyl groups is 1. The summed E-state index contributed by atoms with van der Waals surface area (Å²) in [6, 6.07) is 0.183. The molecule has 2 N–H and O–H groups in total. The maximum absolute atomic E-state index is 12.7. The lowest BCUT2D eigenvalue weighted by molar-refractivity contribution is 0.198. The SMILES string of the molecule is O=S(=O)(CC1CCCCN1)N(CCO)C1CCCCC1. The van der Waals surface area contributed by atoms with E-state index < -0.39 is 10.0 Å². The fraction of sp³-hybridized carbons (Fsp3) is 1.00. The first-order valence-corrected chi connectivity index (χ1v) is 9.58. The standard InChI is InChI=1S/C14H28N2O3S/c17-11-10-16(14-7-2-1-3-8-14)20(18,19)12-13-6-4-5-9-15-13/h13-15,17H,1-12H2. The first kappa shape index (κ1) is 16.2. The van der Waals surface area contributed by atoms with Crippen molar-refractivity contribution in [3.05, 3.63) is 0 Å². The molecule has 0 amide bonds. The van der Waals surface area contributed by atoms with Gasteiger partial charge < -0.3 is 10.4 Å². The molecule has 1 saturated carbocycles. The number of sulfonamides is 1. The molecule has 0 aromatic rings. The average molecular weight is 304 g/mol. The van der Waals surface area contributed by atoms with Gasteiger partial charge >= 0.3 is 0 Å². The molecule has 0 radical (unpaired) electrons. The largest absolute Gasteiger partial charge is 0.395 e. The lowest BCUT2D eigenvalue weighted by Gasteiger charge is -2.34. The predicted molar refractivity (Wildman–Crippen MR) is 80.1 cm³/mol. The number of nitrogens with zero attached hydrogens (tertiary/aromatic N) is 1. The third-order valence-corrected chi connectivity index (χ3v) is 6.50. The van der Waals surface area contributed by atoms with Crippen molar-refractivity contribution >= 4 is 10.0 Å². The summed E-state index contributed by atoms with van der Waals surface area (Å²) in [5.74, 6) is 0.184. The van der Waals surface area contributed by atoms with Gasteiger partial charge in [-0.2, -0.15) is 4.31 Å². The fourth-order valence-corrected chi connectivity index (χ4v) is 5.44. The molecule has 1 atom stereocenters. The molecule has 1 heterocycles. The van der Waals surface area contributed by atoms with Gasteiger partial charge in [0.05, 0.1) is 12.4 Å². The highest BCUT2D eigenvalue weighted by Gasteiger charge is 2.32. The summed E-state index contributed by atoms with van der Waals surface area (Å²) in [5, 5.41) is 12.5. The van der Waals surface area contributed by atoms with Crippen LogP contribution in [0.25, 0.3) is 0 Å². The summed E-state index contributed by atoms with van der Waals surface area (Å²) in [5.41, 5.74) is 0. The predicted octanol–water partition coefficient (Wildman–Crippen LogP) is 1.09. The lowest BCUT2D eigenvalue weighted by Crippen LogP contribution is -2.48. The zero-order valence-electron chi connectivity index (χ0n) is 12.3. The summed E-state index contributed by atoms with van der Waals surface area (Å²) in [4.78, 5) is 0. The van der Waals surface area contributed by atoms with Crippen LogP contribution in [0, 0.1) is 0 Å². The van der Waals surface area contributed by atoms with Gasteiger partial charge in [0.2, 0.25) is 10.0 Å². The maximum Gasteiger partial charge on any atom is 0.215 e. The summed E-state index contributed by atoms with van der Waals surface area (Å²) >= 11 is 0. The van der Waals surface area contributed by atoms with E-state index in [4.69, 9.17) is 0 Å². The Hall–Kier alpha value is -0.170. The number of hydrogen-bond acceptors (Lipinski definition) is 4. The molecule has 6 heteroatoms. The molecule has 2 aliphatic rings. The molecule has 1 aliphatic heterocycles. The van der Waals surface area contributed by atoms with E-state index in [1.807, 2.05) is 0 Å². The van der Waals surface area contributed by atoms with Crippen LogP contribution in [0.15, 0.2) is 0 Å². The van der Waals surface area contributed by atoms with Crippen molar-refractivity contribution in [2.24, 2.45) is 0 Å². The Kier molecular flexibility index (Phi) is 6.26. The Morgan fingerprint density at radius 1 is 1.05 bits per heavy atom. The number of hydrogen-bond donors (Lipinski definition) is 2. The highest BCUT2D eigenvalue weighted by molar-refractivity contribution is 7.89. The van der Waals surface area contributed by atoms with E-state index in [-0.39, 0.29) is 31.0 Å². The van der Waals surface area contributed by atoms with Gasteiger partial charge in [-0.3, -0.25) is 0 Å². The molecule has 1 unspecified atom stereocenters. The minimum Gasteiger partial charge on any atom is -0.395 e. The van der Waals surface area contributed by atoms with E-state index in [2.05, 4.69) is 5.32 Å². The molecule has 2 rings (SSSR count). The molecule has 20 heavy (non-hydrogen) atoms. The molecule has 118 valence electrons. The quantitative estimate of drug-likeness (QED) is 0.770. The highest BCUT2D eigenvalue weighted by Crippen LogP contribution is 2.25. The zero-order chi connectivity index (χ0) is 14.4. The van der Waals surface area contributed by atoms with Crippen molar-refractivity contribution in [2.75, 3.05) is 25.4 Å². The Bertz CT molecular complexity index is 374. The van der Waals surface area contributed by atoms with E-state index in [0.29, 0.717) is 0 Å². The number of nitrogens with one attached hydrogen (secondary N) is 1. The van der Waals surface area contributed by atoms with Crippen LogP contribution >= 0.6 is 0 Å². The smallest absolute Gasteiger partial charge is 0.215 e. The van der Waals surface area contributed by atoms with Gasteiger partial charge in [0.25, 0.3) is 0 Å². The van der Waals surface area contributed by atoms with Crippen LogP contribution in [0.4, 0.5) is 0 Å². The lowest BCUT2D eigenvalue weighted by atomic mass is 9.95. The third-order valence-electron chi connectivity index (χ3n) is 4.48. The monoisotopic (exact) mass is 304 g/mol. The summed E-state index contributed by atoms with van der Waals surface area (Å²) in [6.45, 7) is 1.08. The van der Waals surface area contributed by atoms with Crippen LogP contribution in [-0.2, 0) is 10.0 Å². The van der Waals surface area contributed by atoms with Crippen molar-refractivity contribution in [1.82, 2.24) is 9.62 Å². The second-order valence-corrected chi connectivity index (χ2v) is 8.02. The van der Waals surface area contributed by atoms with E-state index >= 15 is 0 Å². The Morgan fingerprint density at radius 3 is 2.35 bits per heavy atom. The van der Waals surface area contributed by atoms with Gasteiger partial charge in [-0.15, -0.1) is 0 Å². The minimum absolute atomic E-state index is 0.0820. The zero-order valence-corrected chi connectivity index (χ0v) is 13.1. The topological polar surface area (TPSA) is 69.6 Å². The van der Waals surface area contributed by atoms with Gasteiger partial charge in [0, 0.05) is 18.6 Å². The van der Waals surface area contributed by atoms with Gasteiger partial charge in [-0.1, -0.05) is 25.7 Å². The van der Waals surface area contributed by atoms with Crippen molar-refractivity contribution in [3.63, 3.8) is 0 Å². The second kappa shape index (κ2) is 7.73. The highest BCUT2D eigenvalue weighted by atomic mass is 32.2. The van der Waals surface area contributed by atoms with E-state index in [1.54, 1.807) is 4.31 Å². The van der Waals surface area contributed by atoms with Gasteiger partial charge in [-0.05, 0) is 32.2 Å². The van der Waals surface area contributed by atoms with Crippen molar-refractivity contribution in [3.8, 4) is 0 Å². The van der Waals surface area contributed by atoms with Crippen LogP contribution in [0.1, 0.15) is 51.4 Å². The molecule has 0 aromatic heterocycles. The van der Waals surface area contributed by atoms with Crippen LogP contribution in [0.3, 0.4) is 0 Å². The third kappa shape index (κ3) is 4.41. The molecular formula is C14H28N2O3S. The number of piperidine rings is 1. The van der Waals surface area contributed by atoms with Crippen LogP contribution in [-0.4, -0.2) is 55.4 Å². The molecule has 1 saturated heterocycles. The van der Waals surface area contributed by atoms with E-state index in [0.717, 1.165) is 51.5 Å². The number of rotatable bonds is 6. The van der Waals surface area contributed by atoms with Crippen LogP contribution in [0.2, 0.25) is 0 Å². The Morgan fingerprint density at radius 2 is 1.75 bits per heavy atom. The van der Waals surface area contributed by atoms with Crippen LogP contribution in [0.5, 0.6) is 0 Å². The van der Waals surface area contributed by atoms with Crippen LogP contribution < -0.4 is 5.32 Å². The molecular weight excluding hydrogens is 276 g/mol. The average Bonchev–Trinajstić information content (AvgIpc) is 2.46. The van der Waals surface area contributed by atoms with Crippen molar-refractivity contribution in [1.29, 1.82) is 0 Å². The molecule has 5 nitrogen and oxygen atoms in total. The Balaban J connectivity index is 2.01. The Labute approximate surface area is 122 Å². The van der Waals surface area contributed by atoms with Crippen molar-refractivity contribution < 1.29 is 13.5 Å². The molecule has 0 bridgehead atoms. The van der Waals surface area contributed by atoms with E-state index in [9.17, 15) is 13.5 Å². The summed E-state index contributed by atoms with van der Waals surface area (Å²) in [6.07, 6.45) is 8.48. The van der Waals surface area contributed by atoms with Gasteiger partial charge in [0.1, 0.15) is 0 Å². The minimum atomic E-state index is -3.27. The first-order chi connectivity index (χ1) is 9.63. The fourth-order valence-electron chi connectivity index (χ4n) is 3.43. The molecule has 0 spiro atoms. The first-order valence-electron chi connectivity index (χ1n) is 7.97. The molecule has 1 aliphatic carbocycles. The van der Waals surface area contributed by atoms with Crippen molar-refractivity contribution in [2.45, 2.75) is 63.5 Å². The normalized spacial score (nSPS) is 26.0. The van der Waals surface area contributed by atoms with Gasteiger partial charge in [-0.25, -0.2) is 8.42 Å². The number of aliphatic hydroxyl groups excluding tert-OH is 1. The molecule has 2 fully saturated rings. The second-order valence-electron chi connectivity index (χ2n) is 6.05. The van der Waals surface area contributed by atoms with E-state index in [1.165, 1.54) is 6.42 Å². The summed E-state index contributed by atoms with van der Waals surface area (Å²) in [7, 11) is -3.27. The van der Waals surface area contributed by atoms with Gasteiger partial charge in [0.15, 0.2) is 0 Å². The summed E-state index contributed by atoms with van der Waals surface area (Å²) < 4.78 is 26.9. The molecule has 0 aromatic carbocycles. The maximum atomic E-state index is 12.7.